The van der Waals surface area contributed by atoms with Crippen LogP contribution in [0.1, 0.15) is 6.92 Å². The van der Waals surface area contributed by atoms with Crippen LogP contribution in [0, 0.1) is 0 Å². The van der Waals surface area contributed by atoms with Gasteiger partial charge in [-0.15, -0.1) is 12.6 Å². The van der Waals surface area contributed by atoms with E-state index in [1.165, 1.54) is 0 Å². The zero-order valence-electron chi connectivity index (χ0n) is 5.26. The third kappa shape index (κ3) is 5.96. The largest absolute Gasteiger partial charge is 0.326 e. The molecule has 0 rings (SSSR count). The van der Waals surface area contributed by atoms with Gasteiger partial charge in [-0.1, -0.05) is 17.7 Å². The minimum absolute atomic E-state index is 0.462. The van der Waals surface area contributed by atoms with Gasteiger partial charge in [0.05, 0.1) is 0 Å². The van der Waals surface area contributed by atoms with Crippen molar-refractivity contribution in [1.29, 1.82) is 0 Å². The van der Waals surface area contributed by atoms with E-state index < -0.39 is 0 Å². The van der Waals surface area contributed by atoms with Gasteiger partial charge in [-0.3, -0.25) is 0 Å². The second-order valence-electron chi connectivity index (χ2n) is 1.62. The molecule has 9 heavy (non-hydrogen) atoms. The van der Waals surface area contributed by atoms with Gasteiger partial charge < -0.3 is 5.73 Å². The van der Waals surface area contributed by atoms with Crippen LogP contribution in [0.3, 0.4) is 0 Å². The minimum Gasteiger partial charge on any atom is -0.326 e. The van der Waals surface area contributed by atoms with Crippen LogP contribution in [0.4, 0.5) is 0 Å². The summed E-state index contributed by atoms with van der Waals surface area (Å²) in [5.41, 5.74) is 5.24. The summed E-state index contributed by atoms with van der Waals surface area (Å²) in [6.45, 7) is 2.26. The highest BCUT2D eigenvalue weighted by atomic mass is 35.5. The number of thiol groups is 1. The van der Waals surface area contributed by atoms with E-state index in [-0.39, 0.29) is 0 Å². The summed E-state index contributed by atoms with van der Waals surface area (Å²) in [4.78, 5) is 0.829. The summed E-state index contributed by atoms with van der Waals surface area (Å²) in [5.74, 6) is 0. The highest BCUT2D eigenvalue weighted by Crippen LogP contribution is 2.02. The van der Waals surface area contributed by atoms with E-state index in [0.717, 1.165) is 9.94 Å². The maximum Gasteiger partial charge on any atom is 0.0236 e. The Hall–Kier alpha value is 0.0800. The zero-order valence-corrected chi connectivity index (χ0v) is 6.91. The second kappa shape index (κ2) is 4.91. The van der Waals surface area contributed by atoms with E-state index in [2.05, 4.69) is 12.6 Å². The van der Waals surface area contributed by atoms with Crippen molar-refractivity contribution in [2.24, 2.45) is 5.73 Å². The Balaban J connectivity index is 3.83. The SMILES string of the molecule is C/C(Cl)=C\C=C(\S)CN. The highest BCUT2D eigenvalue weighted by Gasteiger charge is 1.80. The first-order valence-corrected chi connectivity index (χ1v) is 3.41. The molecule has 0 aliphatic heterocycles. The standard InChI is InChI=1S/C6H10ClNS/c1-5(7)2-3-6(9)4-8/h2-3,9H,4,8H2,1H3/b5-2+,6-3+. The first-order valence-electron chi connectivity index (χ1n) is 2.59. The van der Waals surface area contributed by atoms with Gasteiger partial charge in [0.2, 0.25) is 0 Å². The minimum atomic E-state index is 0.462. The van der Waals surface area contributed by atoms with E-state index in [9.17, 15) is 0 Å². The zero-order chi connectivity index (χ0) is 7.28. The van der Waals surface area contributed by atoms with Crippen LogP contribution in [0.15, 0.2) is 22.1 Å². The molecule has 0 aromatic carbocycles. The molecule has 0 aromatic rings. The average molecular weight is 164 g/mol. The number of hydrogen-bond acceptors (Lipinski definition) is 2. The van der Waals surface area contributed by atoms with Gasteiger partial charge in [-0.05, 0) is 17.9 Å². The molecular weight excluding hydrogens is 154 g/mol. The van der Waals surface area contributed by atoms with E-state index in [0.29, 0.717) is 6.54 Å². The fourth-order valence-corrected chi connectivity index (χ4v) is 0.417. The molecule has 0 atom stereocenters. The molecule has 1 nitrogen and oxygen atoms in total. The summed E-state index contributed by atoms with van der Waals surface area (Å²) < 4.78 is 0. The molecule has 52 valence electrons. The third-order valence-corrected chi connectivity index (χ3v) is 1.17. The third-order valence-electron chi connectivity index (χ3n) is 0.715. The molecule has 0 saturated carbocycles. The smallest absolute Gasteiger partial charge is 0.0236 e. The van der Waals surface area contributed by atoms with Crippen LogP contribution in [0.2, 0.25) is 0 Å². The highest BCUT2D eigenvalue weighted by molar-refractivity contribution is 7.84. The van der Waals surface area contributed by atoms with Gasteiger partial charge >= 0.3 is 0 Å². The van der Waals surface area contributed by atoms with Gasteiger partial charge in [0, 0.05) is 11.6 Å². The summed E-state index contributed by atoms with van der Waals surface area (Å²) in [6.07, 6.45) is 3.54. The van der Waals surface area contributed by atoms with Crippen molar-refractivity contribution in [2.75, 3.05) is 6.54 Å². The summed E-state index contributed by atoms with van der Waals surface area (Å²) in [6, 6.07) is 0. The Labute approximate surface area is 66.0 Å². The van der Waals surface area contributed by atoms with E-state index in [1.807, 2.05) is 0 Å². The summed E-state index contributed by atoms with van der Waals surface area (Å²) >= 11 is 9.56. The maximum absolute atomic E-state index is 5.52. The predicted molar refractivity (Wildman–Crippen MR) is 45.7 cm³/mol. The van der Waals surface area contributed by atoms with Crippen molar-refractivity contribution < 1.29 is 0 Å². The number of halogens is 1. The lowest BCUT2D eigenvalue weighted by atomic mass is 10.4. The molecule has 0 fully saturated rings. The normalized spacial score (nSPS) is 14.2. The number of allylic oxidation sites excluding steroid dienone is 3. The fourth-order valence-electron chi connectivity index (χ4n) is 0.279. The quantitative estimate of drug-likeness (QED) is 0.472. The first-order chi connectivity index (χ1) is 4.16. The first kappa shape index (κ1) is 9.08. The van der Waals surface area contributed by atoms with Crippen molar-refractivity contribution in [3.05, 3.63) is 22.1 Å². The Morgan fingerprint density at radius 2 is 2.22 bits per heavy atom. The van der Waals surface area contributed by atoms with Gasteiger partial charge in [0.15, 0.2) is 0 Å². The molecule has 0 bridgehead atoms. The molecule has 0 amide bonds. The maximum atomic E-state index is 5.52. The van der Waals surface area contributed by atoms with Gasteiger partial charge in [-0.25, -0.2) is 0 Å². The van der Waals surface area contributed by atoms with Crippen LogP contribution in [0.25, 0.3) is 0 Å². The summed E-state index contributed by atoms with van der Waals surface area (Å²) in [7, 11) is 0. The monoisotopic (exact) mass is 163 g/mol. The lowest BCUT2D eigenvalue weighted by Crippen LogP contribution is -1.97. The molecular formula is C6H10ClNS. The molecule has 0 aromatic heterocycles. The molecule has 0 aliphatic rings. The molecule has 0 unspecified atom stereocenters. The van der Waals surface area contributed by atoms with E-state index in [1.54, 1.807) is 19.1 Å². The van der Waals surface area contributed by atoms with Gasteiger partial charge in [0.25, 0.3) is 0 Å². The van der Waals surface area contributed by atoms with E-state index in [4.69, 9.17) is 17.3 Å². The lowest BCUT2D eigenvalue weighted by Gasteiger charge is -1.88. The van der Waals surface area contributed by atoms with Crippen LogP contribution in [-0.4, -0.2) is 6.54 Å². The summed E-state index contributed by atoms with van der Waals surface area (Å²) in [5, 5.41) is 0.731. The molecule has 3 heteroatoms. The van der Waals surface area contributed by atoms with E-state index >= 15 is 0 Å². The molecule has 0 radical (unpaired) electrons. The Morgan fingerprint density at radius 3 is 2.56 bits per heavy atom. The van der Waals surface area contributed by atoms with Crippen molar-refractivity contribution in [3.8, 4) is 0 Å². The van der Waals surface area contributed by atoms with Gasteiger partial charge in [-0.2, -0.15) is 0 Å². The molecule has 2 N–H and O–H groups in total. The van der Waals surface area contributed by atoms with Gasteiger partial charge in [0.1, 0.15) is 0 Å². The average Bonchev–Trinajstić information content (AvgIpc) is 1.83. The van der Waals surface area contributed by atoms with Crippen LogP contribution >= 0.6 is 24.2 Å². The molecule has 0 saturated heterocycles. The molecule has 0 spiro atoms. The number of hydrogen-bond donors (Lipinski definition) is 2. The molecule has 0 heterocycles. The Morgan fingerprint density at radius 1 is 1.67 bits per heavy atom. The Kier molecular flexibility index (Phi) is 4.96. The predicted octanol–water partition coefficient (Wildman–Crippen LogP) is 1.90. The number of rotatable bonds is 2. The van der Waals surface area contributed by atoms with Crippen molar-refractivity contribution >= 4 is 24.2 Å². The molecule has 0 aliphatic carbocycles. The Bertz CT molecular complexity index is 136. The van der Waals surface area contributed by atoms with Crippen LogP contribution in [-0.2, 0) is 0 Å². The van der Waals surface area contributed by atoms with Crippen molar-refractivity contribution in [1.82, 2.24) is 0 Å². The van der Waals surface area contributed by atoms with Crippen LogP contribution in [0.5, 0.6) is 0 Å². The topological polar surface area (TPSA) is 26.0 Å². The second-order valence-corrected chi connectivity index (χ2v) is 2.79. The number of nitrogens with two attached hydrogens (primary N) is 1. The van der Waals surface area contributed by atoms with Crippen molar-refractivity contribution in [2.45, 2.75) is 6.92 Å². The lowest BCUT2D eigenvalue weighted by molar-refractivity contribution is 1.24. The van der Waals surface area contributed by atoms with Crippen molar-refractivity contribution in [3.63, 3.8) is 0 Å². The fraction of sp³-hybridized carbons (Fsp3) is 0.333. The van der Waals surface area contributed by atoms with Crippen LogP contribution < -0.4 is 5.73 Å².